The Kier molecular flexibility index (Phi) is 8.88. The van der Waals surface area contributed by atoms with Gasteiger partial charge in [0, 0.05) is 31.6 Å². The Morgan fingerprint density at radius 2 is 1.80 bits per heavy atom. The van der Waals surface area contributed by atoms with Gasteiger partial charge in [0.2, 0.25) is 11.8 Å². The van der Waals surface area contributed by atoms with Crippen molar-refractivity contribution in [1.82, 2.24) is 15.1 Å². The summed E-state index contributed by atoms with van der Waals surface area (Å²) in [6.07, 6.45) is 1.83. The summed E-state index contributed by atoms with van der Waals surface area (Å²) in [5, 5.41) is 3.01. The smallest absolute Gasteiger partial charge is 0.256 e. The van der Waals surface area contributed by atoms with Gasteiger partial charge in [0.1, 0.15) is 17.3 Å². The molecule has 0 radical (unpaired) electrons. The monoisotopic (exact) mass is 617 g/mol. The molecule has 236 valence electrons. The number of fused-ring (bicyclic) bond motifs is 9. The number of amides is 3. The molecule has 3 aromatic carbocycles. The molecule has 0 aromatic heterocycles. The van der Waals surface area contributed by atoms with Crippen LogP contribution in [0.25, 0.3) is 0 Å². The number of aryl methyl sites for hydroxylation is 1. The minimum absolute atomic E-state index is 0.0284. The van der Waals surface area contributed by atoms with Crippen LogP contribution in [0.2, 0.25) is 0 Å². The predicted octanol–water partition coefficient (Wildman–Crippen LogP) is 4.10. The molecule has 2 atom stereocenters. The van der Waals surface area contributed by atoms with E-state index in [0.29, 0.717) is 29.4 Å². The van der Waals surface area contributed by atoms with Gasteiger partial charge < -0.3 is 34.1 Å². The average molecular weight is 618 g/mol. The first kappa shape index (κ1) is 30.4. The van der Waals surface area contributed by atoms with Gasteiger partial charge in [0.15, 0.2) is 11.5 Å². The normalized spacial score (nSPS) is 20.8. The number of nitrogens with zero attached hydrogens (tertiary/aromatic N) is 2. The fourth-order valence-electron chi connectivity index (χ4n) is 5.80. The van der Waals surface area contributed by atoms with Gasteiger partial charge in [0.25, 0.3) is 5.91 Å². The molecule has 4 aliphatic rings. The van der Waals surface area contributed by atoms with E-state index < -0.39 is 23.9 Å². The number of halogens is 1. The summed E-state index contributed by atoms with van der Waals surface area (Å²) in [6, 6.07) is 16.6. The summed E-state index contributed by atoms with van der Waals surface area (Å²) >= 11 is 0. The summed E-state index contributed by atoms with van der Waals surface area (Å²) < 4.78 is 37.9. The molecule has 0 spiro atoms. The highest BCUT2D eigenvalue weighted by atomic mass is 19.1. The van der Waals surface area contributed by atoms with E-state index in [0.717, 1.165) is 30.0 Å². The Labute approximate surface area is 261 Å². The lowest BCUT2D eigenvalue weighted by atomic mass is 10.1. The van der Waals surface area contributed by atoms with Crippen molar-refractivity contribution in [1.29, 1.82) is 0 Å². The zero-order valence-electron chi connectivity index (χ0n) is 25.3. The van der Waals surface area contributed by atoms with Gasteiger partial charge in [-0.05, 0) is 66.8 Å². The lowest BCUT2D eigenvalue weighted by Crippen LogP contribution is -2.49. The first-order valence-electron chi connectivity index (χ1n) is 15.1. The highest BCUT2D eigenvalue weighted by molar-refractivity contribution is 5.95. The molecule has 3 amide bonds. The van der Waals surface area contributed by atoms with Crippen LogP contribution in [0.15, 0.2) is 60.7 Å². The standard InChI is InChI=1S/C34H36FN3O7/c1-42-24-10-11-26(27(35)16-24)34(41)37-17-28-31(18-37)44-20-22-4-3-5-25(14-22)45-29-12-6-21(15-30(29)43-2)7-13-33(40)38(23-8-9-23)19-32(39)36-28/h3-6,10-12,14-16,23,28,31H,7-9,13,17-20H2,1-2H3,(H,36,39)/t28-,31-/m0/s1. The second kappa shape index (κ2) is 13.2. The highest BCUT2D eigenvalue weighted by Gasteiger charge is 2.39. The molecular weight excluding hydrogens is 581 g/mol. The van der Waals surface area contributed by atoms with Crippen molar-refractivity contribution in [3.05, 3.63) is 83.2 Å². The average Bonchev–Trinajstić information content (AvgIpc) is 3.81. The number of hydrogen-bond donors (Lipinski definition) is 1. The second-order valence-corrected chi connectivity index (χ2v) is 11.6. The van der Waals surface area contributed by atoms with E-state index in [2.05, 4.69) is 5.32 Å². The molecule has 10 nitrogen and oxygen atoms in total. The summed E-state index contributed by atoms with van der Waals surface area (Å²) in [4.78, 5) is 43.2. The Bertz CT molecular complexity index is 1590. The summed E-state index contributed by atoms with van der Waals surface area (Å²) in [7, 11) is 2.99. The lowest BCUT2D eigenvalue weighted by Gasteiger charge is -2.25. The molecule has 2 fully saturated rings. The summed E-state index contributed by atoms with van der Waals surface area (Å²) in [5.41, 5.74) is 1.64. The second-order valence-electron chi connectivity index (χ2n) is 11.6. The zero-order valence-corrected chi connectivity index (χ0v) is 25.3. The van der Waals surface area contributed by atoms with Crippen LogP contribution in [0, 0.1) is 5.82 Å². The van der Waals surface area contributed by atoms with Crippen molar-refractivity contribution in [3.63, 3.8) is 0 Å². The van der Waals surface area contributed by atoms with Crippen LogP contribution >= 0.6 is 0 Å². The molecule has 1 saturated carbocycles. The summed E-state index contributed by atoms with van der Waals surface area (Å²) in [6.45, 7) is 0.344. The third kappa shape index (κ3) is 7.04. The number of hydrogen-bond acceptors (Lipinski definition) is 7. The number of carbonyl (C=O) groups is 3. The van der Waals surface area contributed by atoms with Crippen LogP contribution in [-0.4, -0.2) is 79.6 Å². The SMILES string of the molecule is COc1ccc(C(=O)N2C[C@@H]3NC(=O)CN(C4CC4)C(=O)CCc4ccc(c(OC)c4)Oc4cccc(c4)CO[C@H]3C2)c(F)c1. The predicted molar refractivity (Wildman–Crippen MR) is 162 cm³/mol. The molecule has 45 heavy (non-hydrogen) atoms. The zero-order chi connectivity index (χ0) is 31.5. The minimum Gasteiger partial charge on any atom is -0.497 e. The van der Waals surface area contributed by atoms with Crippen LogP contribution in [0.5, 0.6) is 23.0 Å². The molecule has 3 aromatic rings. The molecule has 3 aliphatic heterocycles. The van der Waals surface area contributed by atoms with Crippen LogP contribution in [0.3, 0.4) is 0 Å². The van der Waals surface area contributed by atoms with E-state index in [9.17, 15) is 18.8 Å². The maximum absolute atomic E-state index is 14.8. The molecule has 1 N–H and O–H groups in total. The summed E-state index contributed by atoms with van der Waals surface area (Å²) in [5.74, 6) is 0.319. The van der Waals surface area contributed by atoms with Gasteiger partial charge in [0.05, 0.1) is 45.1 Å². The molecule has 11 heteroatoms. The van der Waals surface area contributed by atoms with Gasteiger partial charge in [-0.1, -0.05) is 18.2 Å². The maximum atomic E-state index is 14.8. The quantitative estimate of drug-likeness (QED) is 0.470. The lowest BCUT2D eigenvalue weighted by molar-refractivity contribution is -0.137. The van der Waals surface area contributed by atoms with Crippen molar-refractivity contribution >= 4 is 17.7 Å². The fourth-order valence-corrected chi connectivity index (χ4v) is 5.80. The van der Waals surface area contributed by atoms with Crippen LogP contribution in [-0.2, 0) is 27.4 Å². The molecule has 1 aliphatic carbocycles. The Balaban J connectivity index is 1.27. The Morgan fingerprint density at radius 3 is 2.56 bits per heavy atom. The number of likely N-dealkylation sites (tertiary alicyclic amines) is 1. The molecule has 1 saturated heterocycles. The Morgan fingerprint density at radius 1 is 0.956 bits per heavy atom. The van der Waals surface area contributed by atoms with E-state index in [-0.39, 0.29) is 56.1 Å². The van der Waals surface area contributed by atoms with E-state index in [1.807, 2.05) is 42.5 Å². The molecule has 7 rings (SSSR count). The third-order valence-corrected chi connectivity index (χ3v) is 8.37. The largest absolute Gasteiger partial charge is 0.497 e. The van der Waals surface area contributed by atoms with Crippen molar-refractivity contribution in [2.45, 2.75) is 50.5 Å². The molecular formula is C34H36FN3O7. The van der Waals surface area contributed by atoms with Crippen molar-refractivity contribution in [3.8, 4) is 23.0 Å². The number of nitrogens with one attached hydrogen (secondary N) is 1. The molecule has 0 unspecified atom stereocenters. The van der Waals surface area contributed by atoms with Crippen molar-refractivity contribution in [2.24, 2.45) is 0 Å². The maximum Gasteiger partial charge on any atom is 0.256 e. The number of rotatable bonds is 4. The van der Waals surface area contributed by atoms with Crippen LogP contribution in [0.4, 0.5) is 4.39 Å². The van der Waals surface area contributed by atoms with Crippen molar-refractivity contribution < 1.29 is 37.7 Å². The minimum atomic E-state index is -0.695. The Hall–Kier alpha value is -4.64. The van der Waals surface area contributed by atoms with E-state index >= 15 is 0 Å². The number of methoxy groups -OCH3 is 2. The van der Waals surface area contributed by atoms with Crippen LogP contribution < -0.4 is 19.5 Å². The number of ether oxygens (including phenoxy) is 4. The highest BCUT2D eigenvalue weighted by Crippen LogP contribution is 2.34. The van der Waals surface area contributed by atoms with Gasteiger partial charge in [-0.25, -0.2) is 4.39 Å². The fraction of sp³-hybridized carbons (Fsp3) is 0.382. The number of carbonyl (C=O) groups excluding carboxylic acids is 3. The third-order valence-electron chi connectivity index (χ3n) is 8.37. The first-order valence-corrected chi connectivity index (χ1v) is 15.1. The van der Waals surface area contributed by atoms with Crippen molar-refractivity contribution in [2.75, 3.05) is 33.9 Å². The van der Waals surface area contributed by atoms with E-state index in [4.69, 9.17) is 18.9 Å². The molecule has 4 bridgehead atoms. The number of benzene rings is 3. The van der Waals surface area contributed by atoms with Gasteiger partial charge >= 0.3 is 0 Å². The van der Waals surface area contributed by atoms with E-state index in [1.165, 1.54) is 24.1 Å². The van der Waals surface area contributed by atoms with Gasteiger partial charge in [-0.15, -0.1) is 0 Å². The van der Waals surface area contributed by atoms with Gasteiger partial charge in [-0.3, -0.25) is 14.4 Å². The van der Waals surface area contributed by atoms with Crippen LogP contribution in [0.1, 0.15) is 40.7 Å². The topological polar surface area (TPSA) is 107 Å². The van der Waals surface area contributed by atoms with E-state index in [1.54, 1.807) is 12.0 Å². The first-order chi connectivity index (χ1) is 21.8. The molecule has 3 heterocycles. The van der Waals surface area contributed by atoms with Gasteiger partial charge in [-0.2, -0.15) is 0 Å².